The van der Waals surface area contributed by atoms with Crippen LogP contribution in [-0.4, -0.2) is 28.5 Å². The SMILES string of the molecule is CCOC(=O)CNc1c(-c2cccs2)nc2cc(C)ccn12. The van der Waals surface area contributed by atoms with Crippen LogP contribution in [0.5, 0.6) is 0 Å². The van der Waals surface area contributed by atoms with Crippen LogP contribution in [-0.2, 0) is 9.53 Å². The Kier molecular flexibility index (Phi) is 4.11. The molecule has 3 rings (SSSR count). The monoisotopic (exact) mass is 315 g/mol. The van der Waals surface area contributed by atoms with Crippen LogP contribution in [0.4, 0.5) is 5.82 Å². The van der Waals surface area contributed by atoms with Crippen LogP contribution in [0.15, 0.2) is 35.8 Å². The molecule has 0 saturated heterocycles. The Morgan fingerprint density at radius 2 is 2.32 bits per heavy atom. The summed E-state index contributed by atoms with van der Waals surface area (Å²) in [6.45, 7) is 4.33. The lowest BCUT2D eigenvalue weighted by Crippen LogP contribution is -2.17. The smallest absolute Gasteiger partial charge is 0.325 e. The Morgan fingerprint density at radius 3 is 3.05 bits per heavy atom. The average Bonchev–Trinajstić information content (AvgIpc) is 3.12. The third kappa shape index (κ3) is 2.82. The molecule has 0 aliphatic carbocycles. The molecule has 5 nitrogen and oxygen atoms in total. The van der Waals surface area contributed by atoms with E-state index in [0.29, 0.717) is 6.61 Å². The van der Waals surface area contributed by atoms with E-state index in [-0.39, 0.29) is 12.5 Å². The second-order valence-corrected chi connectivity index (χ2v) is 5.82. The first-order valence-electron chi connectivity index (χ1n) is 7.11. The summed E-state index contributed by atoms with van der Waals surface area (Å²) < 4.78 is 6.93. The van der Waals surface area contributed by atoms with Gasteiger partial charge in [-0.1, -0.05) is 6.07 Å². The van der Waals surface area contributed by atoms with Gasteiger partial charge in [0.25, 0.3) is 0 Å². The lowest BCUT2D eigenvalue weighted by atomic mass is 10.3. The van der Waals surface area contributed by atoms with Gasteiger partial charge in [-0.15, -0.1) is 11.3 Å². The number of nitrogens with one attached hydrogen (secondary N) is 1. The number of pyridine rings is 1. The van der Waals surface area contributed by atoms with Crippen LogP contribution in [0.2, 0.25) is 0 Å². The molecule has 0 spiro atoms. The van der Waals surface area contributed by atoms with Crippen molar-refractivity contribution in [3.8, 4) is 10.6 Å². The largest absolute Gasteiger partial charge is 0.465 e. The second kappa shape index (κ2) is 6.19. The molecule has 0 aliphatic heterocycles. The number of carbonyl (C=O) groups is 1. The summed E-state index contributed by atoms with van der Waals surface area (Å²) >= 11 is 1.62. The molecule has 22 heavy (non-hydrogen) atoms. The number of ether oxygens (including phenoxy) is 1. The van der Waals surface area contributed by atoms with Gasteiger partial charge in [0.1, 0.15) is 23.7 Å². The molecular weight excluding hydrogens is 298 g/mol. The van der Waals surface area contributed by atoms with Crippen LogP contribution >= 0.6 is 11.3 Å². The van der Waals surface area contributed by atoms with Crippen molar-refractivity contribution in [3.05, 3.63) is 41.4 Å². The Labute approximate surface area is 132 Å². The minimum atomic E-state index is -0.276. The fourth-order valence-corrected chi connectivity index (χ4v) is 2.98. The van der Waals surface area contributed by atoms with Gasteiger partial charge in [-0.3, -0.25) is 9.20 Å². The molecule has 0 aliphatic rings. The van der Waals surface area contributed by atoms with Gasteiger partial charge in [0.05, 0.1) is 11.5 Å². The van der Waals surface area contributed by atoms with Crippen molar-refractivity contribution in [2.24, 2.45) is 0 Å². The summed E-state index contributed by atoms with van der Waals surface area (Å²) in [4.78, 5) is 17.4. The second-order valence-electron chi connectivity index (χ2n) is 4.88. The topological polar surface area (TPSA) is 55.6 Å². The molecule has 114 valence electrons. The van der Waals surface area contributed by atoms with Crippen LogP contribution in [0.3, 0.4) is 0 Å². The maximum atomic E-state index is 11.6. The van der Waals surface area contributed by atoms with E-state index in [1.165, 1.54) is 0 Å². The van der Waals surface area contributed by atoms with Gasteiger partial charge in [0.15, 0.2) is 0 Å². The Balaban J connectivity index is 2.01. The standard InChI is InChI=1S/C16H17N3O2S/c1-3-21-14(20)10-17-16-15(12-5-4-8-22-12)18-13-9-11(2)6-7-19(13)16/h4-9,17H,3,10H2,1-2H3. The maximum Gasteiger partial charge on any atom is 0.325 e. The predicted molar refractivity (Wildman–Crippen MR) is 88.4 cm³/mol. The maximum absolute atomic E-state index is 11.6. The average molecular weight is 315 g/mol. The molecule has 0 fully saturated rings. The number of aryl methyl sites for hydroxylation is 1. The predicted octanol–water partition coefficient (Wildman–Crippen LogP) is 3.35. The Bertz CT molecular complexity index is 793. The van der Waals surface area contributed by atoms with E-state index in [9.17, 15) is 4.79 Å². The lowest BCUT2D eigenvalue weighted by Gasteiger charge is -2.07. The van der Waals surface area contributed by atoms with E-state index >= 15 is 0 Å². The summed E-state index contributed by atoms with van der Waals surface area (Å²) in [6.07, 6.45) is 1.96. The quantitative estimate of drug-likeness (QED) is 0.734. The molecule has 1 N–H and O–H groups in total. The zero-order chi connectivity index (χ0) is 15.5. The number of thiophene rings is 1. The minimum absolute atomic E-state index is 0.119. The van der Waals surface area contributed by atoms with E-state index in [4.69, 9.17) is 9.72 Å². The first-order chi connectivity index (χ1) is 10.7. The molecule has 3 aromatic heterocycles. The van der Waals surface area contributed by atoms with E-state index in [0.717, 1.165) is 27.6 Å². The summed E-state index contributed by atoms with van der Waals surface area (Å²) in [7, 11) is 0. The number of carbonyl (C=O) groups excluding carboxylic acids is 1. The summed E-state index contributed by atoms with van der Waals surface area (Å²) in [5.74, 6) is 0.534. The molecule has 6 heteroatoms. The lowest BCUT2D eigenvalue weighted by molar-refractivity contribution is -0.140. The molecule has 3 heterocycles. The van der Waals surface area contributed by atoms with Crippen molar-refractivity contribution in [3.63, 3.8) is 0 Å². The highest BCUT2D eigenvalue weighted by Crippen LogP contribution is 2.32. The Morgan fingerprint density at radius 1 is 1.45 bits per heavy atom. The van der Waals surface area contributed by atoms with Crippen molar-refractivity contribution in [2.45, 2.75) is 13.8 Å². The highest BCUT2D eigenvalue weighted by molar-refractivity contribution is 7.13. The molecule has 0 amide bonds. The van der Waals surface area contributed by atoms with Gasteiger partial charge < -0.3 is 10.1 Å². The fraction of sp³-hybridized carbons (Fsp3) is 0.250. The van der Waals surface area contributed by atoms with Crippen molar-refractivity contribution < 1.29 is 9.53 Å². The molecule has 0 saturated carbocycles. The van der Waals surface area contributed by atoms with Crippen LogP contribution in [0.1, 0.15) is 12.5 Å². The number of aromatic nitrogens is 2. The van der Waals surface area contributed by atoms with Crippen molar-refractivity contribution in [1.29, 1.82) is 0 Å². The number of nitrogens with zero attached hydrogens (tertiary/aromatic N) is 2. The molecule has 0 unspecified atom stereocenters. The highest BCUT2D eigenvalue weighted by atomic mass is 32.1. The highest BCUT2D eigenvalue weighted by Gasteiger charge is 2.16. The summed E-state index contributed by atoms with van der Waals surface area (Å²) in [5, 5.41) is 5.17. The van der Waals surface area contributed by atoms with Crippen molar-refractivity contribution >= 4 is 28.8 Å². The molecule has 0 bridgehead atoms. The first kappa shape index (κ1) is 14.6. The normalized spacial score (nSPS) is 10.8. The summed E-state index contributed by atoms with van der Waals surface area (Å²) in [5.41, 5.74) is 2.85. The zero-order valence-corrected chi connectivity index (χ0v) is 13.3. The van der Waals surface area contributed by atoms with Gasteiger partial charge >= 0.3 is 5.97 Å². The molecule has 0 radical (unpaired) electrons. The van der Waals surface area contributed by atoms with E-state index in [1.54, 1.807) is 18.3 Å². The van der Waals surface area contributed by atoms with Crippen LogP contribution in [0.25, 0.3) is 16.2 Å². The van der Waals surface area contributed by atoms with E-state index < -0.39 is 0 Å². The molecular formula is C16H17N3O2S. The Hall–Kier alpha value is -2.34. The third-order valence-electron chi connectivity index (χ3n) is 3.24. The number of esters is 1. The molecule has 0 aromatic carbocycles. The van der Waals surface area contributed by atoms with E-state index in [2.05, 4.69) is 5.32 Å². The van der Waals surface area contributed by atoms with Gasteiger partial charge in [-0.2, -0.15) is 0 Å². The van der Waals surface area contributed by atoms with Crippen LogP contribution < -0.4 is 5.32 Å². The van der Waals surface area contributed by atoms with Crippen LogP contribution in [0, 0.1) is 6.92 Å². The number of hydrogen-bond donors (Lipinski definition) is 1. The summed E-state index contributed by atoms with van der Waals surface area (Å²) in [6, 6.07) is 8.05. The number of fused-ring (bicyclic) bond motifs is 1. The fourth-order valence-electron chi connectivity index (χ4n) is 2.27. The van der Waals surface area contributed by atoms with E-state index in [1.807, 2.05) is 47.2 Å². The van der Waals surface area contributed by atoms with Gasteiger partial charge in [-0.25, -0.2) is 4.98 Å². The zero-order valence-electron chi connectivity index (χ0n) is 12.5. The molecule has 3 aromatic rings. The number of imidazole rings is 1. The third-order valence-corrected chi connectivity index (χ3v) is 4.12. The minimum Gasteiger partial charge on any atom is -0.465 e. The van der Waals surface area contributed by atoms with Crippen molar-refractivity contribution in [2.75, 3.05) is 18.5 Å². The van der Waals surface area contributed by atoms with Gasteiger partial charge in [0, 0.05) is 6.20 Å². The molecule has 0 atom stereocenters. The number of hydrogen-bond acceptors (Lipinski definition) is 5. The van der Waals surface area contributed by atoms with Crippen molar-refractivity contribution in [1.82, 2.24) is 9.38 Å². The first-order valence-corrected chi connectivity index (χ1v) is 7.99. The van der Waals surface area contributed by atoms with Gasteiger partial charge in [0.2, 0.25) is 0 Å². The van der Waals surface area contributed by atoms with Gasteiger partial charge in [-0.05, 0) is 43.0 Å². The number of anilines is 1. The number of rotatable bonds is 5.